The van der Waals surface area contributed by atoms with Crippen LogP contribution in [-0.4, -0.2) is 60.8 Å². The van der Waals surface area contributed by atoms with Gasteiger partial charge in [0.1, 0.15) is 5.60 Å². The van der Waals surface area contributed by atoms with Crippen LogP contribution in [0.15, 0.2) is 23.0 Å². The molecule has 5 heteroatoms. The number of allylic oxidation sites excluding steroid dienone is 2. The molecule has 0 radical (unpaired) electrons. The molecule has 0 bridgehead atoms. The van der Waals surface area contributed by atoms with Crippen molar-refractivity contribution < 1.29 is 14.3 Å². The molecule has 0 saturated carbocycles. The molecule has 0 aromatic rings. The van der Waals surface area contributed by atoms with Crippen LogP contribution in [-0.2, 0) is 9.47 Å². The highest BCUT2D eigenvalue weighted by Crippen LogP contribution is 2.32. The van der Waals surface area contributed by atoms with Gasteiger partial charge in [-0.25, -0.2) is 4.79 Å². The largest absolute Gasteiger partial charge is 0.501 e. The molecule has 25 heavy (non-hydrogen) atoms. The Hall–Kier alpha value is -1.49. The van der Waals surface area contributed by atoms with Crippen molar-refractivity contribution in [2.24, 2.45) is 0 Å². The fourth-order valence-corrected chi connectivity index (χ4v) is 4.03. The van der Waals surface area contributed by atoms with E-state index in [0.29, 0.717) is 6.04 Å². The smallest absolute Gasteiger partial charge is 0.410 e. The van der Waals surface area contributed by atoms with Gasteiger partial charge in [-0.05, 0) is 58.1 Å². The van der Waals surface area contributed by atoms with E-state index in [1.807, 2.05) is 25.7 Å². The summed E-state index contributed by atoms with van der Waals surface area (Å²) in [6.07, 6.45) is 7.44. The molecule has 1 amide bonds. The summed E-state index contributed by atoms with van der Waals surface area (Å²) in [5.41, 5.74) is 2.66. The molecule has 2 aliphatic heterocycles. The predicted octanol–water partition coefficient (Wildman–Crippen LogP) is 3.71. The zero-order valence-corrected chi connectivity index (χ0v) is 16.1. The molecule has 0 N–H and O–H groups in total. The molecule has 3 rings (SSSR count). The second kappa shape index (κ2) is 7.40. The Morgan fingerprint density at radius 1 is 1.12 bits per heavy atom. The van der Waals surface area contributed by atoms with E-state index < -0.39 is 5.60 Å². The Morgan fingerprint density at radius 2 is 1.84 bits per heavy atom. The van der Waals surface area contributed by atoms with Crippen molar-refractivity contribution in [3.8, 4) is 0 Å². The first-order valence-corrected chi connectivity index (χ1v) is 9.53. The SMILES string of the molecule is COC1=CC2=C(CC1)CN(C1CCN(C(=O)OC(C)(C)C)CC1)CC2. The number of ether oxygens (including phenoxy) is 2. The third-order valence-corrected chi connectivity index (χ3v) is 5.42. The molecular weight excluding hydrogens is 316 g/mol. The van der Waals surface area contributed by atoms with E-state index in [4.69, 9.17) is 9.47 Å². The van der Waals surface area contributed by atoms with E-state index >= 15 is 0 Å². The van der Waals surface area contributed by atoms with Crippen molar-refractivity contribution in [1.29, 1.82) is 0 Å². The lowest BCUT2D eigenvalue weighted by Gasteiger charge is -2.41. The third kappa shape index (κ3) is 4.57. The molecular formula is C20H32N2O3. The first kappa shape index (κ1) is 18.3. The minimum absolute atomic E-state index is 0.167. The normalized spacial score (nSPS) is 23.2. The van der Waals surface area contributed by atoms with Gasteiger partial charge in [0.25, 0.3) is 0 Å². The number of piperidine rings is 1. The number of methoxy groups -OCH3 is 1. The van der Waals surface area contributed by atoms with E-state index in [9.17, 15) is 4.79 Å². The molecule has 2 heterocycles. The summed E-state index contributed by atoms with van der Waals surface area (Å²) in [5, 5.41) is 0. The average molecular weight is 348 g/mol. The van der Waals surface area contributed by atoms with Crippen molar-refractivity contribution in [1.82, 2.24) is 9.80 Å². The van der Waals surface area contributed by atoms with Gasteiger partial charge in [-0.15, -0.1) is 0 Å². The number of carbonyl (C=O) groups is 1. The molecule has 140 valence electrons. The van der Waals surface area contributed by atoms with Crippen molar-refractivity contribution >= 4 is 6.09 Å². The number of likely N-dealkylation sites (tertiary alicyclic amines) is 1. The van der Waals surface area contributed by atoms with Gasteiger partial charge in [0.05, 0.1) is 12.9 Å². The minimum atomic E-state index is -0.417. The van der Waals surface area contributed by atoms with Crippen LogP contribution in [0.25, 0.3) is 0 Å². The van der Waals surface area contributed by atoms with E-state index in [1.165, 1.54) is 5.57 Å². The van der Waals surface area contributed by atoms with Gasteiger partial charge in [0.2, 0.25) is 0 Å². The Morgan fingerprint density at radius 3 is 2.48 bits per heavy atom. The fourth-order valence-electron chi connectivity index (χ4n) is 4.03. The molecule has 3 aliphatic rings. The van der Waals surface area contributed by atoms with E-state index in [-0.39, 0.29) is 6.09 Å². The number of hydrogen-bond donors (Lipinski definition) is 0. The highest BCUT2D eigenvalue weighted by atomic mass is 16.6. The summed E-state index contributed by atoms with van der Waals surface area (Å²) < 4.78 is 10.9. The number of nitrogens with zero attached hydrogens (tertiary/aromatic N) is 2. The zero-order valence-electron chi connectivity index (χ0n) is 16.1. The van der Waals surface area contributed by atoms with Crippen LogP contribution in [0.1, 0.15) is 52.9 Å². The van der Waals surface area contributed by atoms with Gasteiger partial charge in [-0.2, -0.15) is 0 Å². The van der Waals surface area contributed by atoms with Gasteiger partial charge >= 0.3 is 6.09 Å². The minimum Gasteiger partial charge on any atom is -0.501 e. The Labute approximate surface area is 151 Å². The summed E-state index contributed by atoms with van der Waals surface area (Å²) in [4.78, 5) is 16.7. The monoisotopic (exact) mass is 348 g/mol. The molecule has 0 aromatic carbocycles. The van der Waals surface area contributed by atoms with Crippen LogP contribution in [0.3, 0.4) is 0 Å². The standard InChI is InChI=1S/C20H32N2O3/c1-20(2,3)25-19(23)21-11-8-17(9-12-21)22-10-7-15-13-18(24-4)6-5-16(15)14-22/h13,17H,5-12,14H2,1-4H3. The molecule has 0 spiro atoms. The first-order valence-electron chi connectivity index (χ1n) is 9.53. The van der Waals surface area contributed by atoms with Crippen molar-refractivity contribution in [3.63, 3.8) is 0 Å². The fraction of sp³-hybridized carbons (Fsp3) is 0.750. The van der Waals surface area contributed by atoms with Gasteiger partial charge in [0.15, 0.2) is 0 Å². The lowest BCUT2D eigenvalue weighted by molar-refractivity contribution is 0.0145. The van der Waals surface area contributed by atoms with E-state index in [2.05, 4.69) is 11.0 Å². The van der Waals surface area contributed by atoms with Crippen LogP contribution < -0.4 is 0 Å². The molecule has 1 aliphatic carbocycles. The maximum atomic E-state index is 12.2. The van der Waals surface area contributed by atoms with Crippen molar-refractivity contribution in [2.45, 2.75) is 64.5 Å². The van der Waals surface area contributed by atoms with Crippen LogP contribution in [0, 0.1) is 0 Å². The third-order valence-electron chi connectivity index (χ3n) is 5.42. The highest BCUT2D eigenvalue weighted by Gasteiger charge is 2.31. The van der Waals surface area contributed by atoms with E-state index in [1.54, 1.807) is 12.7 Å². The van der Waals surface area contributed by atoms with Gasteiger partial charge < -0.3 is 14.4 Å². The first-order chi connectivity index (χ1) is 11.9. The maximum absolute atomic E-state index is 12.2. The number of carbonyl (C=O) groups excluding carboxylic acids is 1. The molecule has 0 atom stereocenters. The topological polar surface area (TPSA) is 42.0 Å². The van der Waals surface area contributed by atoms with Crippen LogP contribution in [0.2, 0.25) is 0 Å². The second-order valence-corrected chi connectivity index (χ2v) is 8.36. The molecule has 1 fully saturated rings. The quantitative estimate of drug-likeness (QED) is 0.763. The summed E-state index contributed by atoms with van der Waals surface area (Å²) in [7, 11) is 1.77. The molecule has 1 saturated heterocycles. The van der Waals surface area contributed by atoms with Crippen molar-refractivity contribution in [3.05, 3.63) is 23.0 Å². The zero-order chi connectivity index (χ0) is 18.0. The second-order valence-electron chi connectivity index (χ2n) is 8.36. The summed E-state index contributed by atoms with van der Waals surface area (Å²) in [6, 6.07) is 0.584. The lowest BCUT2D eigenvalue weighted by Crippen LogP contribution is -2.49. The van der Waals surface area contributed by atoms with Crippen LogP contribution >= 0.6 is 0 Å². The number of hydrogen-bond acceptors (Lipinski definition) is 4. The Bertz CT molecular complexity index is 566. The average Bonchev–Trinajstić information content (AvgIpc) is 2.59. The maximum Gasteiger partial charge on any atom is 0.410 e. The van der Waals surface area contributed by atoms with Gasteiger partial charge in [0, 0.05) is 38.6 Å². The number of amides is 1. The summed E-state index contributed by atoms with van der Waals surface area (Å²) in [5.74, 6) is 1.12. The molecule has 5 nitrogen and oxygen atoms in total. The Balaban J connectivity index is 1.52. The summed E-state index contributed by atoms with van der Waals surface area (Å²) >= 11 is 0. The number of rotatable bonds is 2. The van der Waals surface area contributed by atoms with E-state index in [0.717, 1.165) is 64.0 Å². The van der Waals surface area contributed by atoms with Crippen molar-refractivity contribution in [2.75, 3.05) is 33.3 Å². The van der Waals surface area contributed by atoms with Crippen LogP contribution in [0.4, 0.5) is 4.79 Å². The molecule has 0 aromatic heterocycles. The lowest BCUT2D eigenvalue weighted by atomic mass is 9.89. The predicted molar refractivity (Wildman–Crippen MR) is 98.4 cm³/mol. The Kier molecular flexibility index (Phi) is 5.42. The van der Waals surface area contributed by atoms with Crippen LogP contribution in [0.5, 0.6) is 0 Å². The summed E-state index contributed by atoms with van der Waals surface area (Å²) in [6.45, 7) is 9.56. The van der Waals surface area contributed by atoms with Gasteiger partial charge in [-0.3, -0.25) is 4.90 Å². The molecule has 0 unspecified atom stereocenters. The van der Waals surface area contributed by atoms with Gasteiger partial charge in [-0.1, -0.05) is 5.57 Å². The highest BCUT2D eigenvalue weighted by molar-refractivity contribution is 5.68.